The van der Waals surface area contributed by atoms with Gasteiger partial charge in [-0.2, -0.15) is 0 Å². The molecule has 0 amide bonds. The minimum Gasteiger partial charge on any atom is -0.478 e. The van der Waals surface area contributed by atoms with Gasteiger partial charge >= 0.3 is 5.97 Å². The van der Waals surface area contributed by atoms with Gasteiger partial charge in [0.1, 0.15) is 23.5 Å². The molecular weight excluding hydrogens is 306 g/mol. The Morgan fingerprint density at radius 1 is 1.38 bits per heavy atom. The van der Waals surface area contributed by atoms with Gasteiger partial charge in [-0.25, -0.2) is 9.78 Å². The smallest absolute Gasteiger partial charge is 0.339 e. The molecule has 1 atom stereocenters. The van der Waals surface area contributed by atoms with Crippen molar-refractivity contribution in [3.05, 3.63) is 47.5 Å². The van der Waals surface area contributed by atoms with Crippen molar-refractivity contribution in [2.75, 3.05) is 11.9 Å². The number of nitrogens with zero attached hydrogens (tertiary/aromatic N) is 4. The fraction of sp³-hybridized carbons (Fsp3) is 0.294. The second kappa shape index (κ2) is 6.27. The van der Waals surface area contributed by atoms with Crippen molar-refractivity contribution in [1.82, 2.24) is 19.7 Å². The first-order valence-corrected chi connectivity index (χ1v) is 7.69. The number of anilines is 1. The van der Waals surface area contributed by atoms with Crippen LogP contribution in [0, 0.1) is 6.92 Å². The van der Waals surface area contributed by atoms with Crippen LogP contribution in [0.5, 0.6) is 0 Å². The van der Waals surface area contributed by atoms with Crippen molar-refractivity contribution in [2.45, 2.75) is 19.8 Å². The highest BCUT2D eigenvalue weighted by molar-refractivity contribution is 6.01. The Labute approximate surface area is 139 Å². The van der Waals surface area contributed by atoms with Crippen LogP contribution in [-0.4, -0.2) is 37.4 Å². The largest absolute Gasteiger partial charge is 0.478 e. The highest BCUT2D eigenvalue weighted by atomic mass is 16.4. The predicted molar refractivity (Wildman–Crippen MR) is 91.3 cm³/mol. The number of carboxylic acid groups (broad SMARTS) is 1. The minimum atomic E-state index is -0.987. The number of para-hydroxylation sites is 1. The molecule has 0 saturated heterocycles. The van der Waals surface area contributed by atoms with Gasteiger partial charge in [0.15, 0.2) is 0 Å². The maximum atomic E-state index is 11.7. The zero-order valence-electron chi connectivity index (χ0n) is 13.8. The highest BCUT2D eigenvalue weighted by Crippen LogP contribution is 2.26. The summed E-state index contributed by atoms with van der Waals surface area (Å²) in [6, 6.07) is 7.54. The van der Waals surface area contributed by atoms with E-state index in [-0.39, 0.29) is 11.5 Å². The third-order valence-electron chi connectivity index (χ3n) is 4.13. The van der Waals surface area contributed by atoms with E-state index >= 15 is 0 Å². The third-order valence-corrected chi connectivity index (χ3v) is 4.13. The van der Waals surface area contributed by atoms with Crippen molar-refractivity contribution in [2.24, 2.45) is 7.05 Å². The average Bonchev–Trinajstić information content (AvgIpc) is 2.98. The van der Waals surface area contributed by atoms with Gasteiger partial charge < -0.3 is 15.0 Å². The topological polar surface area (TPSA) is 92.9 Å². The SMILES string of the molecule is Cc1c(C(=O)O)c(NCC(C)c2nncn2C)nc2ccccc12. The van der Waals surface area contributed by atoms with Crippen LogP contribution in [0.15, 0.2) is 30.6 Å². The first-order chi connectivity index (χ1) is 11.5. The van der Waals surface area contributed by atoms with Crippen LogP contribution in [0.4, 0.5) is 5.82 Å². The predicted octanol–water partition coefficient (Wildman–Crippen LogP) is 2.59. The number of pyridine rings is 1. The monoisotopic (exact) mass is 325 g/mol. The summed E-state index contributed by atoms with van der Waals surface area (Å²) in [5.74, 6) is 0.289. The Hall–Kier alpha value is -2.96. The van der Waals surface area contributed by atoms with Crippen LogP contribution in [-0.2, 0) is 7.05 Å². The van der Waals surface area contributed by atoms with E-state index in [4.69, 9.17) is 0 Å². The van der Waals surface area contributed by atoms with E-state index in [0.29, 0.717) is 17.9 Å². The molecule has 0 bridgehead atoms. The molecule has 3 aromatic rings. The molecule has 0 aliphatic rings. The number of aromatic nitrogens is 4. The zero-order valence-corrected chi connectivity index (χ0v) is 13.8. The summed E-state index contributed by atoms with van der Waals surface area (Å²) >= 11 is 0. The lowest BCUT2D eigenvalue weighted by Gasteiger charge is -2.16. The summed E-state index contributed by atoms with van der Waals surface area (Å²) in [7, 11) is 1.88. The van der Waals surface area contributed by atoms with Gasteiger partial charge in [0.05, 0.1) is 5.52 Å². The number of rotatable bonds is 5. The second-order valence-corrected chi connectivity index (χ2v) is 5.86. The van der Waals surface area contributed by atoms with E-state index in [1.54, 1.807) is 6.33 Å². The van der Waals surface area contributed by atoms with E-state index < -0.39 is 5.97 Å². The molecule has 124 valence electrons. The highest BCUT2D eigenvalue weighted by Gasteiger charge is 2.19. The summed E-state index contributed by atoms with van der Waals surface area (Å²) < 4.78 is 1.85. The van der Waals surface area contributed by atoms with E-state index in [1.165, 1.54) is 0 Å². The molecule has 0 fully saturated rings. The first-order valence-electron chi connectivity index (χ1n) is 7.69. The lowest BCUT2D eigenvalue weighted by molar-refractivity contribution is 0.0697. The minimum absolute atomic E-state index is 0.0627. The van der Waals surface area contributed by atoms with Gasteiger partial charge in [0.25, 0.3) is 0 Å². The molecule has 0 aliphatic heterocycles. The van der Waals surface area contributed by atoms with Crippen molar-refractivity contribution in [3.8, 4) is 0 Å². The van der Waals surface area contributed by atoms with Crippen molar-refractivity contribution in [3.63, 3.8) is 0 Å². The number of hydrogen-bond donors (Lipinski definition) is 2. The first kappa shape index (κ1) is 15.9. The molecule has 2 heterocycles. The second-order valence-electron chi connectivity index (χ2n) is 5.86. The van der Waals surface area contributed by atoms with E-state index in [1.807, 2.05) is 49.7 Å². The van der Waals surface area contributed by atoms with E-state index in [9.17, 15) is 9.90 Å². The molecule has 7 heteroatoms. The van der Waals surface area contributed by atoms with Crippen LogP contribution in [0.2, 0.25) is 0 Å². The molecule has 1 unspecified atom stereocenters. The molecule has 0 saturated carbocycles. The molecule has 2 N–H and O–H groups in total. The molecule has 2 aromatic heterocycles. The normalized spacial score (nSPS) is 12.3. The van der Waals surface area contributed by atoms with Gasteiger partial charge in [-0.05, 0) is 18.6 Å². The number of carboxylic acids is 1. The van der Waals surface area contributed by atoms with Gasteiger partial charge in [0, 0.05) is 24.9 Å². The number of hydrogen-bond acceptors (Lipinski definition) is 5. The quantitative estimate of drug-likeness (QED) is 0.749. The maximum Gasteiger partial charge on any atom is 0.339 e. The Kier molecular flexibility index (Phi) is 4.16. The van der Waals surface area contributed by atoms with Crippen LogP contribution < -0.4 is 5.32 Å². The Balaban J connectivity index is 1.95. The fourth-order valence-electron chi connectivity index (χ4n) is 2.85. The standard InChI is InChI=1S/C17H19N5O2/c1-10(16-21-19-9-22(16)3)8-18-15-14(17(23)24)11(2)12-6-4-5-7-13(12)20-15/h4-7,9-10H,8H2,1-3H3,(H,18,20)(H,23,24). The number of fused-ring (bicyclic) bond motifs is 1. The summed E-state index contributed by atoms with van der Waals surface area (Å²) in [5.41, 5.74) is 1.69. The molecule has 3 rings (SSSR count). The van der Waals surface area contributed by atoms with Crippen LogP contribution in [0.1, 0.15) is 34.6 Å². The summed E-state index contributed by atoms with van der Waals surface area (Å²) in [5, 5.41) is 21.6. The van der Waals surface area contributed by atoms with Crippen molar-refractivity contribution < 1.29 is 9.90 Å². The van der Waals surface area contributed by atoms with Gasteiger partial charge in [-0.1, -0.05) is 25.1 Å². The number of carbonyl (C=O) groups is 1. The lowest BCUT2D eigenvalue weighted by atomic mass is 10.0. The molecule has 0 aliphatic carbocycles. The summed E-state index contributed by atoms with van der Waals surface area (Å²) in [4.78, 5) is 16.2. The molecule has 1 aromatic carbocycles. The Bertz CT molecular complexity index is 903. The molecule has 24 heavy (non-hydrogen) atoms. The lowest BCUT2D eigenvalue weighted by Crippen LogP contribution is -2.17. The zero-order chi connectivity index (χ0) is 17.3. The third kappa shape index (κ3) is 2.80. The van der Waals surface area contributed by atoms with Crippen molar-refractivity contribution >= 4 is 22.7 Å². The fourth-order valence-corrected chi connectivity index (χ4v) is 2.85. The molecule has 0 spiro atoms. The number of aromatic carboxylic acids is 1. The number of benzene rings is 1. The number of nitrogens with one attached hydrogen (secondary N) is 1. The van der Waals surface area contributed by atoms with E-state index in [2.05, 4.69) is 20.5 Å². The molecule has 7 nitrogen and oxygen atoms in total. The molecule has 0 radical (unpaired) electrons. The van der Waals surface area contributed by atoms with E-state index in [0.717, 1.165) is 16.7 Å². The summed E-state index contributed by atoms with van der Waals surface area (Å²) in [6.45, 7) is 4.33. The van der Waals surface area contributed by atoms with Gasteiger partial charge in [-0.3, -0.25) is 0 Å². The Morgan fingerprint density at radius 2 is 2.12 bits per heavy atom. The Morgan fingerprint density at radius 3 is 2.79 bits per heavy atom. The van der Waals surface area contributed by atoms with Crippen LogP contribution in [0.25, 0.3) is 10.9 Å². The van der Waals surface area contributed by atoms with Gasteiger partial charge in [0.2, 0.25) is 0 Å². The number of aryl methyl sites for hydroxylation is 2. The van der Waals surface area contributed by atoms with Crippen LogP contribution in [0.3, 0.4) is 0 Å². The molecular formula is C17H19N5O2. The summed E-state index contributed by atoms with van der Waals surface area (Å²) in [6.07, 6.45) is 1.65. The van der Waals surface area contributed by atoms with Crippen LogP contribution >= 0.6 is 0 Å². The average molecular weight is 325 g/mol. The van der Waals surface area contributed by atoms with Gasteiger partial charge in [-0.15, -0.1) is 10.2 Å². The maximum absolute atomic E-state index is 11.7. The van der Waals surface area contributed by atoms with Crippen molar-refractivity contribution in [1.29, 1.82) is 0 Å².